The van der Waals surface area contributed by atoms with Crippen LogP contribution in [0.25, 0.3) is 0 Å². The zero-order chi connectivity index (χ0) is 22.1. The lowest BCUT2D eigenvalue weighted by atomic mass is 10.1. The van der Waals surface area contributed by atoms with Gasteiger partial charge in [0.05, 0.1) is 19.8 Å². The minimum absolute atomic E-state index is 0. The highest BCUT2D eigenvalue weighted by Gasteiger charge is 2.17. The van der Waals surface area contributed by atoms with Crippen LogP contribution in [0.4, 0.5) is 0 Å². The molecule has 1 fully saturated rings. The van der Waals surface area contributed by atoms with Crippen LogP contribution in [0.5, 0.6) is 5.75 Å². The number of benzene rings is 1. The van der Waals surface area contributed by atoms with Crippen molar-refractivity contribution in [3.63, 3.8) is 0 Å². The first-order chi connectivity index (χ1) is 15.0. The lowest BCUT2D eigenvalue weighted by Gasteiger charge is -2.15. The smallest absolute Gasteiger partial charge is 0.228 e. The Morgan fingerprint density at radius 1 is 1.31 bits per heavy atom. The number of aromatic nitrogens is 2. The molecule has 178 valence electrons. The second-order valence-corrected chi connectivity index (χ2v) is 8.22. The summed E-state index contributed by atoms with van der Waals surface area (Å²) < 4.78 is 16.9. The standard InChI is InChI=1S/C23H35N5O3.HI/c1-5-24-23(25-10-8-21-27-22(16(2)3)28-31-21)26-13-19-7-6-17(4)12-20(19)30-15-18-9-11-29-14-18;/h6-7,12,16,18H,5,8-11,13-15H2,1-4H3,(H2,24,25,26);1H. The van der Waals surface area contributed by atoms with E-state index in [1.807, 2.05) is 20.8 Å². The topological polar surface area (TPSA) is 93.8 Å². The van der Waals surface area contributed by atoms with E-state index in [2.05, 4.69) is 45.9 Å². The third kappa shape index (κ3) is 8.23. The minimum atomic E-state index is 0. The molecule has 0 spiro atoms. The summed E-state index contributed by atoms with van der Waals surface area (Å²) in [6, 6.07) is 6.27. The fourth-order valence-electron chi connectivity index (χ4n) is 3.25. The molecule has 2 N–H and O–H groups in total. The molecule has 1 aliphatic rings. The van der Waals surface area contributed by atoms with Gasteiger partial charge in [-0.2, -0.15) is 4.98 Å². The molecule has 32 heavy (non-hydrogen) atoms. The van der Waals surface area contributed by atoms with Crippen molar-refractivity contribution < 1.29 is 14.0 Å². The minimum Gasteiger partial charge on any atom is -0.493 e. The van der Waals surface area contributed by atoms with E-state index in [4.69, 9.17) is 19.0 Å². The molecular weight excluding hydrogens is 521 g/mol. The molecule has 2 heterocycles. The molecule has 1 aromatic heterocycles. The molecule has 0 saturated carbocycles. The van der Waals surface area contributed by atoms with Gasteiger partial charge in [-0.25, -0.2) is 4.99 Å². The van der Waals surface area contributed by atoms with E-state index in [0.29, 0.717) is 37.9 Å². The zero-order valence-electron chi connectivity index (χ0n) is 19.5. The Balaban J connectivity index is 0.00000363. The lowest BCUT2D eigenvalue weighted by molar-refractivity contribution is 0.166. The van der Waals surface area contributed by atoms with Crippen molar-refractivity contribution in [2.75, 3.05) is 32.9 Å². The molecule has 1 aromatic carbocycles. The van der Waals surface area contributed by atoms with Crippen LogP contribution in [-0.4, -0.2) is 49.0 Å². The Kier molecular flexibility index (Phi) is 11.2. The van der Waals surface area contributed by atoms with E-state index in [0.717, 1.165) is 49.3 Å². The summed E-state index contributed by atoms with van der Waals surface area (Å²) in [4.78, 5) is 9.16. The molecule has 0 amide bonds. The molecule has 2 aromatic rings. The van der Waals surface area contributed by atoms with Gasteiger partial charge in [0, 0.05) is 43.5 Å². The van der Waals surface area contributed by atoms with Crippen LogP contribution in [0.1, 0.15) is 56.0 Å². The van der Waals surface area contributed by atoms with Gasteiger partial charge in [-0.3, -0.25) is 0 Å². The van der Waals surface area contributed by atoms with Gasteiger partial charge < -0.3 is 24.6 Å². The SMILES string of the molecule is CCNC(=NCc1ccc(C)cc1OCC1CCOC1)NCCc1nc(C(C)C)no1.I. The first-order valence-corrected chi connectivity index (χ1v) is 11.2. The van der Waals surface area contributed by atoms with Crippen LogP contribution >= 0.6 is 24.0 Å². The third-order valence-corrected chi connectivity index (χ3v) is 5.10. The van der Waals surface area contributed by atoms with E-state index in [-0.39, 0.29) is 29.9 Å². The van der Waals surface area contributed by atoms with Crippen LogP contribution in [0.15, 0.2) is 27.7 Å². The monoisotopic (exact) mass is 557 g/mol. The summed E-state index contributed by atoms with van der Waals surface area (Å²) in [5.41, 5.74) is 2.25. The molecule has 9 heteroatoms. The maximum absolute atomic E-state index is 6.14. The van der Waals surface area contributed by atoms with Gasteiger partial charge in [0.2, 0.25) is 5.89 Å². The Bertz CT molecular complexity index is 850. The Morgan fingerprint density at radius 3 is 2.84 bits per heavy atom. The highest BCUT2D eigenvalue weighted by atomic mass is 127. The van der Waals surface area contributed by atoms with E-state index in [1.54, 1.807) is 0 Å². The highest BCUT2D eigenvalue weighted by Crippen LogP contribution is 2.23. The summed E-state index contributed by atoms with van der Waals surface area (Å²) in [6.07, 6.45) is 1.71. The normalized spacial score (nSPS) is 16.2. The van der Waals surface area contributed by atoms with Gasteiger partial charge in [-0.1, -0.05) is 31.1 Å². The Hall–Kier alpha value is -1.88. The molecule has 1 aliphatic heterocycles. The van der Waals surface area contributed by atoms with Crippen molar-refractivity contribution in [2.24, 2.45) is 10.9 Å². The van der Waals surface area contributed by atoms with E-state index in [9.17, 15) is 0 Å². The number of aryl methyl sites for hydroxylation is 1. The molecule has 0 aliphatic carbocycles. The van der Waals surface area contributed by atoms with E-state index in [1.165, 1.54) is 5.56 Å². The maximum Gasteiger partial charge on any atom is 0.228 e. The molecule has 8 nitrogen and oxygen atoms in total. The quantitative estimate of drug-likeness (QED) is 0.261. The summed E-state index contributed by atoms with van der Waals surface area (Å²) in [6.45, 7) is 12.5. The van der Waals surface area contributed by atoms with Crippen LogP contribution in [0.3, 0.4) is 0 Å². The molecule has 1 saturated heterocycles. The number of nitrogens with one attached hydrogen (secondary N) is 2. The second kappa shape index (κ2) is 13.6. The van der Waals surface area contributed by atoms with Crippen LogP contribution in [-0.2, 0) is 17.7 Å². The van der Waals surface area contributed by atoms with E-state index < -0.39 is 0 Å². The average Bonchev–Trinajstić information content (AvgIpc) is 3.43. The molecule has 1 unspecified atom stereocenters. The number of hydrogen-bond donors (Lipinski definition) is 2. The summed E-state index contributed by atoms with van der Waals surface area (Å²) >= 11 is 0. The lowest BCUT2D eigenvalue weighted by Crippen LogP contribution is -2.38. The van der Waals surface area contributed by atoms with Crippen LogP contribution in [0.2, 0.25) is 0 Å². The fourth-order valence-corrected chi connectivity index (χ4v) is 3.25. The molecule has 0 radical (unpaired) electrons. The number of ether oxygens (including phenoxy) is 2. The number of halogens is 1. The van der Waals surface area contributed by atoms with Gasteiger partial charge in [-0.05, 0) is 31.9 Å². The number of rotatable bonds is 10. The summed E-state index contributed by atoms with van der Waals surface area (Å²) in [7, 11) is 0. The van der Waals surface area contributed by atoms with Gasteiger partial charge >= 0.3 is 0 Å². The first kappa shape index (κ1) is 26.4. The summed E-state index contributed by atoms with van der Waals surface area (Å²) in [5, 5.41) is 10.6. The van der Waals surface area contributed by atoms with Gasteiger partial charge in [-0.15, -0.1) is 24.0 Å². The van der Waals surface area contributed by atoms with Crippen molar-refractivity contribution in [3.05, 3.63) is 41.0 Å². The predicted molar refractivity (Wildman–Crippen MR) is 136 cm³/mol. The summed E-state index contributed by atoms with van der Waals surface area (Å²) in [5.74, 6) is 3.76. The van der Waals surface area contributed by atoms with Gasteiger partial charge in [0.25, 0.3) is 0 Å². The number of nitrogens with zero attached hydrogens (tertiary/aromatic N) is 3. The Labute approximate surface area is 208 Å². The van der Waals surface area contributed by atoms with Gasteiger partial charge in [0.15, 0.2) is 11.8 Å². The number of aliphatic imine (C=N–C) groups is 1. The highest BCUT2D eigenvalue weighted by molar-refractivity contribution is 14.0. The van der Waals surface area contributed by atoms with Crippen molar-refractivity contribution >= 4 is 29.9 Å². The molecule has 1 atom stereocenters. The van der Waals surface area contributed by atoms with Crippen molar-refractivity contribution in [1.82, 2.24) is 20.8 Å². The Morgan fingerprint density at radius 2 is 2.16 bits per heavy atom. The average molecular weight is 557 g/mol. The largest absolute Gasteiger partial charge is 0.493 e. The van der Waals surface area contributed by atoms with Crippen molar-refractivity contribution in [3.8, 4) is 5.75 Å². The fraction of sp³-hybridized carbons (Fsp3) is 0.609. The zero-order valence-corrected chi connectivity index (χ0v) is 21.8. The van der Waals surface area contributed by atoms with Crippen LogP contribution < -0.4 is 15.4 Å². The predicted octanol–water partition coefficient (Wildman–Crippen LogP) is 3.83. The van der Waals surface area contributed by atoms with Crippen molar-refractivity contribution in [2.45, 2.75) is 53.0 Å². The van der Waals surface area contributed by atoms with Crippen molar-refractivity contribution in [1.29, 1.82) is 0 Å². The van der Waals surface area contributed by atoms with Gasteiger partial charge in [0.1, 0.15) is 5.75 Å². The first-order valence-electron chi connectivity index (χ1n) is 11.2. The number of hydrogen-bond acceptors (Lipinski definition) is 6. The second-order valence-electron chi connectivity index (χ2n) is 8.22. The maximum atomic E-state index is 6.14. The number of guanidine groups is 1. The van der Waals surface area contributed by atoms with Crippen LogP contribution in [0, 0.1) is 12.8 Å². The molecule has 3 rings (SSSR count). The molecular formula is C23H36IN5O3. The van der Waals surface area contributed by atoms with E-state index >= 15 is 0 Å². The molecule has 0 bridgehead atoms. The third-order valence-electron chi connectivity index (χ3n) is 5.10.